The highest BCUT2D eigenvalue weighted by molar-refractivity contribution is 5.84. The zero-order valence-electron chi connectivity index (χ0n) is 11.1. The number of carbonyl (C=O) groups is 4. The lowest BCUT2D eigenvalue weighted by Crippen LogP contribution is -2.20. The highest BCUT2D eigenvalue weighted by atomic mass is 16.5. The number of cyclic esters (lactones) is 2. The van der Waals surface area contributed by atoms with Crippen LogP contribution in [0.5, 0.6) is 0 Å². The largest absolute Gasteiger partial charge is 0.481 e. The first kappa shape index (κ1) is 15.9. The van der Waals surface area contributed by atoms with Crippen molar-refractivity contribution < 1.29 is 38.9 Å². The molecule has 0 saturated carbocycles. The van der Waals surface area contributed by atoms with Gasteiger partial charge in [-0.05, 0) is 0 Å². The van der Waals surface area contributed by atoms with Gasteiger partial charge < -0.3 is 19.7 Å². The summed E-state index contributed by atoms with van der Waals surface area (Å²) >= 11 is 0. The van der Waals surface area contributed by atoms with Gasteiger partial charge in [0.2, 0.25) is 0 Å². The third kappa shape index (κ3) is 3.46. The molecule has 2 rings (SSSR count). The molecule has 2 heterocycles. The Kier molecular flexibility index (Phi) is 5.06. The molecular formula is C12H16O8. The molecular weight excluding hydrogens is 272 g/mol. The van der Waals surface area contributed by atoms with Crippen molar-refractivity contribution in [3.05, 3.63) is 0 Å². The molecule has 0 aromatic rings. The van der Waals surface area contributed by atoms with Crippen molar-refractivity contribution in [2.45, 2.75) is 13.8 Å². The fraction of sp³-hybridized carbons (Fsp3) is 0.667. The Balaban J connectivity index is 0.000000200. The second kappa shape index (κ2) is 6.36. The van der Waals surface area contributed by atoms with Crippen molar-refractivity contribution >= 4 is 23.9 Å². The Hall–Kier alpha value is -2.12. The Labute approximate surface area is 114 Å². The zero-order valence-corrected chi connectivity index (χ0v) is 11.1. The summed E-state index contributed by atoms with van der Waals surface area (Å²) in [5.41, 5.74) is 0. The first-order chi connectivity index (χ1) is 9.25. The maximum atomic E-state index is 10.6. The Morgan fingerprint density at radius 3 is 1.30 bits per heavy atom. The van der Waals surface area contributed by atoms with Gasteiger partial charge in [0, 0.05) is 0 Å². The van der Waals surface area contributed by atoms with Crippen LogP contribution in [0.2, 0.25) is 0 Å². The van der Waals surface area contributed by atoms with Crippen molar-refractivity contribution in [1.29, 1.82) is 0 Å². The van der Waals surface area contributed by atoms with Crippen LogP contribution < -0.4 is 0 Å². The molecule has 0 aliphatic carbocycles. The third-order valence-corrected chi connectivity index (χ3v) is 3.40. The van der Waals surface area contributed by atoms with Crippen LogP contribution in [0.3, 0.4) is 0 Å². The smallest absolute Gasteiger partial charge is 0.310 e. The predicted molar refractivity (Wildman–Crippen MR) is 62.5 cm³/mol. The molecule has 2 aliphatic rings. The zero-order chi connectivity index (χ0) is 15.4. The quantitative estimate of drug-likeness (QED) is 0.666. The summed E-state index contributed by atoms with van der Waals surface area (Å²) in [7, 11) is 0. The molecule has 2 fully saturated rings. The van der Waals surface area contributed by atoms with Gasteiger partial charge in [0.15, 0.2) is 0 Å². The SMILES string of the molecule is CC1C(=O)OCC1C(=O)O.CC1C(=O)OCC1C(=O)O. The number of aliphatic carboxylic acids is 2. The molecule has 112 valence electrons. The van der Waals surface area contributed by atoms with Crippen molar-refractivity contribution in [3.63, 3.8) is 0 Å². The van der Waals surface area contributed by atoms with E-state index in [0.29, 0.717) is 0 Å². The fourth-order valence-electron chi connectivity index (χ4n) is 1.79. The average Bonchev–Trinajstić information content (AvgIpc) is 2.86. The van der Waals surface area contributed by atoms with Crippen molar-refractivity contribution in [2.75, 3.05) is 13.2 Å². The molecule has 0 bridgehead atoms. The highest BCUT2D eigenvalue weighted by Gasteiger charge is 2.38. The maximum Gasteiger partial charge on any atom is 0.310 e. The number of esters is 2. The van der Waals surface area contributed by atoms with Crippen LogP contribution in [0, 0.1) is 23.7 Å². The van der Waals surface area contributed by atoms with Gasteiger partial charge in [0.05, 0.1) is 11.8 Å². The van der Waals surface area contributed by atoms with E-state index < -0.39 is 47.5 Å². The van der Waals surface area contributed by atoms with E-state index in [9.17, 15) is 19.2 Å². The monoisotopic (exact) mass is 288 g/mol. The van der Waals surface area contributed by atoms with E-state index in [0.717, 1.165) is 0 Å². The number of hydrogen-bond donors (Lipinski definition) is 2. The summed E-state index contributed by atoms with van der Waals surface area (Å²) in [5, 5.41) is 16.9. The van der Waals surface area contributed by atoms with Gasteiger partial charge in [-0.15, -0.1) is 0 Å². The summed E-state index contributed by atoms with van der Waals surface area (Å²) in [6.07, 6.45) is 0. The Morgan fingerprint density at radius 2 is 1.20 bits per heavy atom. The van der Waals surface area contributed by atoms with Crippen LogP contribution in [0.25, 0.3) is 0 Å². The summed E-state index contributed by atoms with van der Waals surface area (Å²) in [6.45, 7) is 3.17. The van der Waals surface area contributed by atoms with Gasteiger partial charge in [-0.1, -0.05) is 13.8 Å². The molecule has 4 unspecified atom stereocenters. The van der Waals surface area contributed by atoms with Gasteiger partial charge in [-0.2, -0.15) is 0 Å². The third-order valence-electron chi connectivity index (χ3n) is 3.40. The molecule has 4 atom stereocenters. The summed E-state index contributed by atoms with van der Waals surface area (Å²) < 4.78 is 9.04. The lowest BCUT2D eigenvalue weighted by atomic mass is 9.98. The first-order valence-corrected chi connectivity index (χ1v) is 6.04. The number of hydrogen-bond acceptors (Lipinski definition) is 6. The topological polar surface area (TPSA) is 127 Å². The number of carbonyl (C=O) groups excluding carboxylic acids is 2. The lowest BCUT2D eigenvalue weighted by Gasteiger charge is -2.01. The molecule has 2 N–H and O–H groups in total. The van der Waals surface area contributed by atoms with Crippen LogP contribution in [0.15, 0.2) is 0 Å². The number of rotatable bonds is 2. The number of carboxylic acid groups (broad SMARTS) is 2. The van der Waals surface area contributed by atoms with Crippen molar-refractivity contribution in [2.24, 2.45) is 23.7 Å². The minimum absolute atomic E-state index is 0.0231. The van der Waals surface area contributed by atoms with E-state index >= 15 is 0 Å². The minimum atomic E-state index is -0.960. The van der Waals surface area contributed by atoms with E-state index in [4.69, 9.17) is 10.2 Å². The van der Waals surface area contributed by atoms with Crippen LogP contribution in [-0.2, 0) is 28.7 Å². The summed E-state index contributed by atoms with van der Waals surface area (Å²) in [4.78, 5) is 41.9. The molecule has 20 heavy (non-hydrogen) atoms. The van der Waals surface area contributed by atoms with Crippen molar-refractivity contribution in [1.82, 2.24) is 0 Å². The van der Waals surface area contributed by atoms with E-state index in [-0.39, 0.29) is 13.2 Å². The predicted octanol–water partition coefficient (Wildman–Crippen LogP) is -0.240. The lowest BCUT2D eigenvalue weighted by molar-refractivity contribution is -0.144. The molecule has 8 nitrogen and oxygen atoms in total. The highest BCUT2D eigenvalue weighted by Crippen LogP contribution is 2.21. The normalized spacial score (nSPS) is 31.9. The van der Waals surface area contributed by atoms with Gasteiger partial charge in [0.1, 0.15) is 25.0 Å². The van der Waals surface area contributed by atoms with Gasteiger partial charge >= 0.3 is 23.9 Å². The van der Waals surface area contributed by atoms with Crippen LogP contribution in [0.4, 0.5) is 0 Å². The Bertz CT molecular complexity index is 389. The van der Waals surface area contributed by atoms with Crippen LogP contribution in [0.1, 0.15) is 13.8 Å². The first-order valence-electron chi connectivity index (χ1n) is 6.04. The van der Waals surface area contributed by atoms with Crippen LogP contribution in [-0.4, -0.2) is 47.3 Å². The van der Waals surface area contributed by atoms with Crippen molar-refractivity contribution in [3.8, 4) is 0 Å². The second-order valence-electron chi connectivity index (χ2n) is 4.73. The number of carboxylic acids is 2. The standard InChI is InChI=1S/2C6H8O4/c2*1-3-4(5(7)8)2-10-6(3)9/h2*3-4H,2H2,1H3,(H,7,8). The van der Waals surface area contributed by atoms with E-state index in [1.165, 1.54) is 0 Å². The minimum Gasteiger partial charge on any atom is -0.481 e. The summed E-state index contributed by atoms with van der Waals surface area (Å²) in [5.74, 6) is -5.01. The molecule has 0 aromatic heterocycles. The molecule has 2 aliphatic heterocycles. The van der Waals surface area contributed by atoms with Crippen LogP contribution >= 0.6 is 0 Å². The fourth-order valence-corrected chi connectivity index (χ4v) is 1.79. The van der Waals surface area contributed by atoms with E-state index in [2.05, 4.69) is 9.47 Å². The average molecular weight is 288 g/mol. The maximum absolute atomic E-state index is 10.6. The molecule has 2 saturated heterocycles. The number of ether oxygens (including phenoxy) is 2. The van der Waals surface area contributed by atoms with Gasteiger partial charge in [0.25, 0.3) is 0 Å². The molecule has 0 aromatic carbocycles. The molecule has 0 radical (unpaired) electrons. The van der Waals surface area contributed by atoms with Gasteiger partial charge in [-0.25, -0.2) is 0 Å². The van der Waals surface area contributed by atoms with E-state index in [1.807, 2.05) is 0 Å². The summed E-state index contributed by atoms with van der Waals surface area (Å²) in [6, 6.07) is 0. The Morgan fingerprint density at radius 1 is 0.900 bits per heavy atom. The molecule has 8 heteroatoms. The molecule has 0 amide bonds. The molecule has 0 spiro atoms. The second-order valence-corrected chi connectivity index (χ2v) is 4.73. The van der Waals surface area contributed by atoms with E-state index in [1.54, 1.807) is 13.8 Å². The van der Waals surface area contributed by atoms with Gasteiger partial charge in [-0.3, -0.25) is 19.2 Å².